The van der Waals surface area contributed by atoms with E-state index in [2.05, 4.69) is 5.32 Å². The van der Waals surface area contributed by atoms with Gasteiger partial charge in [-0.05, 0) is 20.3 Å². The summed E-state index contributed by atoms with van der Waals surface area (Å²) in [7, 11) is 0. The lowest BCUT2D eigenvalue weighted by atomic mass is 9.72. The Labute approximate surface area is 76.6 Å². The maximum absolute atomic E-state index is 11.5. The molecule has 0 spiro atoms. The molecule has 2 heterocycles. The van der Waals surface area contributed by atoms with Crippen LogP contribution < -0.4 is 5.32 Å². The zero-order valence-electron chi connectivity index (χ0n) is 8.01. The predicted octanol–water partition coefficient (Wildman–Crippen LogP) is 0.217. The van der Waals surface area contributed by atoms with Crippen LogP contribution in [0.4, 0.5) is 0 Å². The Hall–Kier alpha value is -1.06. The van der Waals surface area contributed by atoms with Gasteiger partial charge in [-0.1, -0.05) is 6.92 Å². The quantitative estimate of drug-likeness (QED) is 0.591. The number of hydrogen-bond acceptors (Lipinski definition) is 3. The monoisotopic (exact) mass is 183 g/mol. The Morgan fingerprint density at radius 3 is 2.46 bits per heavy atom. The summed E-state index contributed by atoms with van der Waals surface area (Å²) in [6.07, 6.45) is 0.700. The molecule has 4 heteroatoms. The van der Waals surface area contributed by atoms with Gasteiger partial charge in [0.2, 0.25) is 5.91 Å². The maximum atomic E-state index is 11.5. The lowest BCUT2D eigenvalue weighted by molar-refractivity contribution is -0.216. The molecule has 3 atom stereocenters. The van der Waals surface area contributed by atoms with Crippen LogP contribution in [0.25, 0.3) is 0 Å². The minimum Gasteiger partial charge on any atom is -0.454 e. The van der Waals surface area contributed by atoms with Crippen molar-refractivity contribution in [2.24, 2.45) is 5.92 Å². The number of fused-ring (bicyclic) bond motifs is 1. The van der Waals surface area contributed by atoms with Crippen molar-refractivity contribution < 1.29 is 14.3 Å². The molecule has 1 N–H and O–H groups in total. The highest BCUT2D eigenvalue weighted by atomic mass is 16.6. The van der Waals surface area contributed by atoms with Crippen molar-refractivity contribution >= 4 is 11.9 Å². The van der Waals surface area contributed by atoms with Crippen LogP contribution in [0.2, 0.25) is 0 Å². The smallest absolute Gasteiger partial charge is 0.336 e. The molecule has 0 bridgehead atoms. The largest absolute Gasteiger partial charge is 0.454 e. The van der Waals surface area contributed by atoms with Crippen molar-refractivity contribution in [3.63, 3.8) is 0 Å². The fourth-order valence-corrected chi connectivity index (χ4v) is 2.31. The summed E-state index contributed by atoms with van der Waals surface area (Å²) in [6, 6.07) is 0. The van der Waals surface area contributed by atoms with E-state index in [1.165, 1.54) is 0 Å². The normalized spacial score (nSPS) is 47.8. The molecule has 0 aromatic rings. The molecule has 0 unspecified atom stereocenters. The Morgan fingerprint density at radius 1 is 1.46 bits per heavy atom. The van der Waals surface area contributed by atoms with Gasteiger partial charge >= 0.3 is 5.97 Å². The van der Waals surface area contributed by atoms with E-state index in [0.29, 0.717) is 6.42 Å². The van der Waals surface area contributed by atoms with Crippen molar-refractivity contribution in [1.82, 2.24) is 5.32 Å². The maximum Gasteiger partial charge on any atom is 0.336 e. The lowest BCUT2D eigenvalue weighted by Crippen LogP contribution is -2.72. The number of nitrogens with one attached hydrogen (secondary N) is 1. The molecule has 0 radical (unpaired) electrons. The van der Waals surface area contributed by atoms with E-state index in [1.807, 2.05) is 13.8 Å². The number of carbonyl (C=O) groups excluding carboxylic acids is 2. The van der Waals surface area contributed by atoms with Crippen molar-refractivity contribution in [2.45, 2.75) is 38.3 Å². The molecule has 13 heavy (non-hydrogen) atoms. The molecule has 0 aliphatic carbocycles. The van der Waals surface area contributed by atoms with Gasteiger partial charge in [0, 0.05) is 0 Å². The zero-order valence-corrected chi connectivity index (χ0v) is 8.01. The van der Waals surface area contributed by atoms with E-state index >= 15 is 0 Å². The summed E-state index contributed by atoms with van der Waals surface area (Å²) in [5.74, 6) is -0.590. The van der Waals surface area contributed by atoms with E-state index in [1.54, 1.807) is 6.92 Å². The average molecular weight is 183 g/mol. The van der Waals surface area contributed by atoms with Gasteiger partial charge in [-0.2, -0.15) is 0 Å². The van der Waals surface area contributed by atoms with E-state index in [9.17, 15) is 9.59 Å². The topological polar surface area (TPSA) is 55.4 Å². The third-order valence-corrected chi connectivity index (χ3v) is 3.47. The molecule has 72 valence electrons. The predicted molar refractivity (Wildman–Crippen MR) is 44.8 cm³/mol. The molecule has 2 saturated heterocycles. The highest BCUT2D eigenvalue weighted by molar-refractivity contribution is 6.00. The van der Waals surface area contributed by atoms with Crippen LogP contribution in [-0.2, 0) is 14.3 Å². The van der Waals surface area contributed by atoms with Gasteiger partial charge in [0.25, 0.3) is 0 Å². The molecule has 0 aromatic heterocycles. The first-order valence-corrected chi connectivity index (χ1v) is 4.51. The summed E-state index contributed by atoms with van der Waals surface area (Å²) in [5, 5.41) is 2.71. The van der Waals surface area contributed by atoms with Gasteiger partial charge in [-0.25, -0.2) is 4.79 Å². The average Bonchev–Trinajstić information content (AvgIpc) is 2.18. The molecule has 2 fully saturated rings. The Bertz CT molecular complexity index is 301. The molecule has 0 saturated carbocycles. The second kappa shape index (κ2) is 2.05. The van der Waals surface area contributed by atoms with Gasteiger partial charge in [0.1, 0.15) is 0 Å². The first kappa shape index (κ1) is 8.53. The number of carbonyl (C=O) groups is 2. The molecule has 4 nitrogen and oxygen atoms in total. The number of amides is 1. The minimum atomic E-state index is -0.787. The van der Waals surface area contributed by atoms with Crippen molar-refractivity contribution in [1.29, 1.82) is 0 Å². The summed E-state index contributed by atoms with van der Waals surface area (Å²) < 4.78 is 5.11. The van der Waals surface area contributed by atoms with Crippen molar-refractivity contribution in [3.8, 4) is 0 Å². The van der Waals surface area contributed by atoms with Crippen LogP contribution in [0.1, 0.15) is 27.2 Å². The van der Waals surface area contributed by atoms with Gasteiger partial charge in [0.05, 0.1) is 5.92 Å². The summed E-state index contributed by atoms with van der Waals surface area (Å²) in [4.78, 5) is 22.7. The molecule has 0 aromatic carbocycles. The van der Waals surface area contributed by atoms with Crippen LogP contribution in [0.3, 0.4) is 0 Å². The Morgan fingerprint density at radius 2 is 2.08 bits per heavy atom. The number of rotatable bonds is 1. The van der Waals surface area contributed by atoms with Crippen molar-refractivity contribution in [2.75, 3.05) is 0 Å². The van der Waals surface area contributed by atoms with Crippen LogP contribution in [-0.4, -0.2) is 23.0 Å². The second-order valence-electron chi connectivity index (χ2n) is 4.07. The van der Waals surface area contributed by atoms with Crippen LogP contribution in [0.5, 0.6) is 0 Å². The first-order valence-electron chi connectivity index (χ1n) is 4.51. The summed E-state index contributed by atoms with van der Waals surface area (Å²) in [5.41, 5.74) is -1.42. The summed E-state index contributed by atoms with van der Waals surface area (Å²) in [6.45, 7) is 5.47. The van der Waals surface area contributed by atoms with Gasteiger partial charge in [-0.15, -0.1) is 0 Å². The summed E-state index contributed by atoms with van der Waals surface area (Å²) >= 11 is 0. The number of ether oxygens (including phenoxy) is 1. The minimum absolute atomic E-state index is 0.0710. The highest BCUT2D eigenvalue weighted by Gasteiger charge is 2.73. The van der Waals surface area contributed by atoms with E-state index < -0.39 is 11.1 Å². The second-order valence-corrected chi connectivity index (χ2v) is 4.07. The molecule has 2 aliphatic rings. The lowest BCUT2D eigenvalue weighted by Gasteiger charge is -2.49. The third kappa shape index (κ3) is 0.677. The van der Waals surface area contributed by atoms with Crippen LogP contribution >= 0.6 is 0 Å². The van der Waals surface area contributed by atoms with Gasteiger partial charge < -0.3 is 10.1 Å². The molecule has 2 rings (SSSR count). The zero-order chi connectivity index (χ0) is 9.85. The van der Waals surface area contributed by atoms with Crippen LogP contribution in [0, 0.1) is 5.92 Å². The molecule has 2 aliphatic heterocycles. The first-order chi connectivity index (χ1) is 5.95. The molecular weight excluding hydrogens is 170 g/mol. The number of hydrogen-bond donors (Lipinski definition) is 1. The standard InChI is InChI=1S/C9H13NO3/c1-4-5-6(11)10-8(2)7(12)13-9(5,8)3/h5H,4H2,1-3H3,(H,10,11)/t5-,8-,9-/m0/s1. The van der Waals surface area contributed by atoms with E-state index in [-0.39, 0.29) is 17.8 Å². The highest BCUT2D eigenvalue weighted by Crippen LogP contribution is 2.49. The molecular formula is C9H13NO3. The fourth-order valence-electron chi connectivity index (χ4n) is 2.31. The SMILES string of the molecule is CC[C@H]1C(=O)N[C@@]2(C)C(=O)O[C@@]12C. The molecule has 1 amide bonds. The van der Waals surface area contributed by atoms with Crippen LogP contribution in [0.15, 0.2) is 0 Å². The number of esters is 1. The van der Waals surface area contributed by atoms with E-state index in [0.717, 1.165) is 0 Å². The Kier molecular flexibility index (Phi) is 1.35. The Balaban J connectivity index is 2.40. The van der Waals surface area contributed by atoms with E-state index in [4.69, 9.17) is 4.74 Å². The third-order valence-electron chi connectivity index (χ3n) is 3.47. The van der Waals surface area contributed by atoms with Gasteiger partial charge in [0.15, 0.2) is 11.1 Å². The fraction of sp³-hybridized carbons (Fsp3) is 0.778. The van der Waals surface area contributed by atoms with Gasteiger partial charge in [-0.3, -0.25) is 4.79 Å². The van der Waals surface area contributed by atoms with Crippen molar-refractivity contribution in [3.05, 3.63) is 0 Å².